The van der Waals surface area contributed by atoms with E-state index in [9.17, 15) is 4.79 Å². The molecule has 0 saturated heterocycles. The molecule has 0 radical (unpaired) electrons. The average molecular weight is 437 g/mol. The zero-order valence-corrected chi connectivity index (χ0v) is 17.5. The Hall–Kier alpha value is -1.93. The largest absolute Gasteiger partial charge is 0.490 e. The maximum atomic E-state index is 11.9. The van der Waals surface area contributed by atoms with Gasteiger partial charge in [-0.2, -0.15) is 5.10 Å². The lowest BCUT2D eigenvalue weighted by Gasteiger charge is -2.11. The number of amides is 1. The van der Waals surface area contributed by atoms with Crippen molar-refractivity contribution in [1.82, 2.24) is 15.4 Å². The lowest BCUT2D eigenvalue weighted by molar-refractivity contribution is -0.118. The molecule has 1 aromatic heterocycles. The molecule has 1 heterocycles. The number of ether oxygens (including phenoxy) is 1. The number of aryl methyl sites for hydroxylation is 2. The monoisotopic (exact) mass is 436 g/mol. The Kier molecular flexibility index (Phi) is 7.59. The second-order valence-electron chi connectivity index (χ2n) is 5.87. The quantitative estimate of drug-likeness (QED) is 0.308. The number of rotatable bonds is 7. The summed E-state index contributed by atoms with van der Waals surface area (Å²) in [5, 5.41) is 4.57. The van der Waals surface area contributed by atoms with Crippen molar-refractivity contribution in [2.24, 2.45) is 5.10 Å². The van der Waals surface area contributed by atoms with Crippen LogP contribution < -0.4 is 10.2 Å². The van der Waals surface area contributed by atoms with Crippen LogP contribution in [0.5, 0.6) is 5.75 Å². The van der Waals surface area contributed by atoms with E-state index in [0.717, 1.165) is 27.2 Å². The van der Waals surface area contributed by atoms with Crippen molar-refractivity contribution >= 4 is 39.8 Å². The summed E-state index contributed by atoms with van der Waals surface area (Å²) in [6.45, 7) is 7.74. The summed E-state index contributed by atoms with van der Waals surface area (Å²) in [5.41, 5.74) is 5.12. The lowest BCUT2D eigenvalue weighted by Crippen LogP contribution is -2.19. The molecule has 1 aromatic carbocycles. The molecule has 0 aliphatic rings. The molecular weight excluding hydrogens is 416 g/mol. The van der Waals surface area contributed by atoms with Gasteiger partial charge in [0.2, 0.25) is 0 Å². The Labute approximate surface area is 166 Å². The van der Waals surface area contributed by atoms with Gasteiger partial charge in [-0.05, 0) is 73.5 Å². The van der Waals surface area contributed by atoms with Crippen LogP contribution in [0.1, 0.15) is 30.8 Å². The third-order valence-corrected chi connectivity index (χ3v) is 4.48. The van der Waals surface area contributed by atoms with Gasteiger partial charge in [0.25, 0.3) is 5.91 Å². The molecule has 138 valence electrons. The van der Waals surface area contributed by atoms with Gasteiger partial charge in [-0.25, -0.2) is 15.4 Å². The molecule has 0 aliphatic heterocycles. The minimum absolute atomic E-state index is 0.101. The minimum Gasteiger partial charge on any atom is -0.490 e. The third kappa shape index (κ3) is 6.76. The molecule has 6 nitrogen and oxygen atoms in total. The summed E-state index contributed by atoms with van der Waals surface area (Å²) in [7, 11) is 0. The molecule has 2 aromatic rings. The van der Waals surface area contributed by atoms with Crippen molar-refractivity contribution in [3.63, 3.8) is 0 Å². The molecule has 0 aliphatic carbocycles. The van der Waals surface area contributed by atoms with Crippen molar-refractivity contribution in [2.75, 3.05) is 5.75 Å². The fraction of sp³-hybridized carbons (Fsp3) is 0.333. The van der Waals surface area contributed by atoms with Crippen molar-refractivity contribution in [3.8, 4) is 5.75 Å². The van der Waals surface area contributed by atoms with Crippen LogP contribution in [0.3, 0.4) is 0 Å². The van der Waals surface area contributed by atoms with Gasteiger partial charge in [-0.15, -0.1) is 0 Å². The van der Waals surface area contributed by atoms with Crippen molar-refractivity contribution in [1.29, 1.82) is 0 Å². The van der Waals surface area contributed by atoms with Gasteiger partial charge in [0.15, 0.2) is 5.16 Å². The molecular formula is C18H21BrN4O2S. The highest BCUT2D eigenvalue weighted by atomic mass is 79.9. The van der Waals surface area contributed by atoms with Crippen molar-refractivity contribution < 1.29 is 9.53 Å². The van der Waals surface area contributed by atoms with E-state index in [1.54, 1.807) is 6.21 Å². The molecule has 0 bridgehead atoms. The van der Waals surface area contributed by atoms with E-state index in [0.29, 0.717) is 5.16 Å². The number of halogens is 1. The summed E-state index contributed by atoms with van der Waals surface area (Å²) in [5.74, 6) is 0.754. The van der Waals surface area contributed by atoms with Gasteiger partial charge in [0, 0.05) is 11.4 Å². The molecule has 0 saturated carbocycles. The first-order chi connectivity index (χ1) is 12.3. The van der Waals surface area contributed by atoms with Crippen LogP contribution in [0.25, 0.3) is 0 Å². The van der Waals surface area contributed by atoms with Gasteiger partial charge in [-0.3, -0.25) is 4.79 Å². The third-order valence-electron chi connectivity index (χ3n) is 3.02. The van der Waals surface area contributed by atoms with Crippen LogP contribution in [0.4, 0.5) is 0 Å². The molecule has 1 amide bonds. The average Bonchev–Trinajstić information content (AvgIpc) is 2.54. The first-order valence-corrected chi connectivity index (χ1v) is 9.84. The van der Waals surface area contributed by atoms with Gasteiger partial charge >= 0.3 is 0 Å². The molecule has 0 fully saturated rings. The van der Waals surface area contributed by atoms with E-state index >= 15 is 0 Å². The molecule has 0 atom stereocenters. The number of nitrogens with one attached hydrogen (secondary N) is 1. The molecule has 1 N–H and O–H groups in total. The van der Waals surface area contributed by atoms with Gasteiger partial charge in [0.1, 0.15) is 5.75 Å². The lowest BCUT2D eigenvalue weighted by atomic mass is 10.2. The highest BCUT2D eigenvalue weighted by Crippen LogP contribution is 2.26. The van der Waals surface area contributed by atoms with Gasteiger partial charge in [0.05, 0.1) is 22.5 Å². The first kappa shape index (κ1) is 20.4. The number of carbonyl (C=O) groups is 1. The minimum atomic E-state index is -0.215. The molecule has 2 rings (SSSR count). The fourth-order valence-electron chi connectivity index (χ4n) is 2.05. The molecule has 0 unspecified atom stereocenters. The maximum Gasteiger partial charge on any atom is 0.250 e. The highest BCUT2D eigenvalue weighted by molar-refractivity contribution is 9.10. The highest BCUT2D eigenvalue weighted by Gasteiger charge is 2.06. The van der Waals surface area contributed by atoms with E-state index < -0.39 is 0 Å². The number of carbonyl (C=O) groups excluding carboxylic acids is 1. The van der Waals surface area contributed by atoms with E-state index in [1.165, 1.54) is 11.8 Å². The SMILES string of the molecule is Cc1cc(C)nc(SCC(=O)N/N=C\c2ccc(OC(C)C)c(Br)c2)n1. The number of hydrazone groups is 1. The first-order valence-electron chi connectivity index (χ1n) is 8.06. The zero-order valence-electron chi connectivity index (χ0n) is 15.1. The van der Waals surface area contributed by atoms with Crippen LogP contribution in [-0.2, 0) is 4.79 Å². The van der Waals surface area contributed by atoms with Crippen LogP contribution in [0.15, 0.2) is 39.0 Å². The molecule has 0 spiro atoms. The Morgan fingerprint density at radius 2 is 2.00 bits per heavy atom. The zero-order chi connectivity index (χ0) is 19.1. The number of hydrogen-bond donors (Lipinski definition) is 1. The topological polar surface area (TPSA) is 76.5 Å². The maximum absolute atomic E-state index is 11.9. The van der Waals surface area contributed by atoms with E-state index in [1.807, 2.05) is 52.0 Å². The standard InChI is InChI=1S/C18H21BrN4O2S/c1-11(2)25-16-6-5-14(8-15(16)19)9-20-23-17(24)10-26-18-21-12(3)7-13(4)22-18/h5-9,11H,10H2,1-4H3,(H,23,24)/b20-9-. The Morgan fingerprint density at radius 1 is 1.31 bits per heavy atom. The van der Waals surface area contributed by atoms with Crippen LogP contribution in [0.2, 0.25) is 0 Å². The van der Waals surface area contributed by atoms with Crippen molar-refractivity contribution in [2.45, 2.75) is 39.0 Å². The van der Waals surface area contributed by atoms with Gasteiger partial charge in [-0.1, -0.05) is 11.8 Å². The molecule has 26 heavy (non-hydrogen) atoms. The number of aromatic nitrogens is 2. The summed E-state index contributed by atoms with van der Waals surface area (Å²) >= 11 is 4.75. The number of thioether (sulfide) groups is 1. The predicted molar refractivity (Wildman–Crippen MR) is 108 cm³/mol. The second kappa shape index (κ2) is 9.68. The second-order valence-corrected chi connectivity index (χ2v) is 7.67. The van der Waals surface area contributed by atoms with E-state index in [4.69, 9.17) is 4.74 Å². The van der Waals surface area contributed by atoms with Crippen LogP contribution in [0, 0.1) is 13.8 Å². The molecule has 8 heteroatoms. The number of nitrogens with zero attached hydrogens (tertiary/aromatic N) is 3. The summed E-state index contributed by atoms with van der Waals surface area (Å²) in [6.07, 6.45) is 1.68. The smallest absolute Gasteiger partial charge is 0.250 e. The number of benzene rings is 1. The number of hydrogen-bond acceptors (Lipinski definition) is 6. The van der Waals surface area contributed by atoms with Crippen LogP contribution in [-0.4, -0.2) is 33.9 Å². The van der Waals surface area contributed by atoms with Crippen LogP contribution >= 0.6 is 27.7 Å². The Morgan fingerprint density at radius 3 is 2.62 bits per heavy atom. The van der Waals surface area contributed by atoms with Crippen molar-refractivity contribution in [3.05, 3.63) is 45.7 Å². The Balaban J connectivity index is 1.85. The normalized spacial score (nSPS) is 11.2. The summed E-state index contributed by atoms with van der Waals surface area (Å²) in [6, 6.07) is 7.51. The Bertz CT molecular complexity index is 792. The van der Waals surface area contributed by atoms with E-state index in [-0.39, 0.29) is 17.8 Å². The van der Waals surface area contributed by atoms with E-state index in [2.05, 4.69) is 36.4 Å². The summed E-state index contributed by atoms with van der Waals surface area (Å²) in [4.78, 5) is 20.5. The van der Waals surface area contributed by atoms with Gasteiger partial charge < -0.3 is 4.74 Å². The fourth-order valence-corrected chi connectivity index (χ4v) is 3.28. The summed E-state index contributed by atoms with van der Waals surface area (Å²) < 4.78 is 6.49. The predicted octanol–water partition coefficient (Wildman–Crippen LogP) is 3.89.